The van der Waals surface area contributed by atoms with E-state index in [-0.39, 0.29) is 24.5 Å². The van der Waals surface area contributed by atoms with Crippen molar-refractivity contribution in [2.45, 2.75) is 39.2 Å². The normalized spacial score (nSPS) is 14.3. The molecular formula is C23H29N3O3. The molecule has 2 aromatic carbocycles. The highest BCUT2D eigenvalue weighted by Gasteiger charge is 2.19. The molecule has 0 bridgehead atoms. The molecule has 1 heterocycles. The highest BCUT2D eigenvalue weighted by Crippen LogP contribution is 2.19. The topological polar surface area (TPSA) is 70.7 Å². The molecule has 2 aromatic rings. The van der Waals surface area contributed by atoms with Crippen LogP contribution < -0.4 is 15.4 Å². The van der Waals surface area contributed by atoms with Crippen LogP contribution in [-0.2, 0) is 4.79 Å². The second-order valence-electron chi connectivity index (χ2n) is 7.34. The monoisotopic (exact) mass is 395 g/mol. The van der Waals surface area contributed by atoms with Gasteiger partial charge in [0.05, 0.1) is 12.6 Å². The van der Waals surface area contributed by atoms with Crippen LogP contribution in [0.5, 0.6) is 5.75 Å². The Morgan fingerprint density at radius 3 is 2.48 bits per heavy atom. The Balaban J connectivity index is 1.49. The molecule has 0 saturated carbocycles. The Morgan fingerprint density at radius 1 is 1.07 bits per heavy atom. The molecular weight excluding hydrogens is 366 g/mol. The first-order chi connectivity index (χ1) is 14.0. The van der Waals surface area contributed by atoms with Crippen LogP contribution in [0.2, 0.25) is 0 Å². The third-order valence-electron chi connectivity index (χ3n) is 5.01. The predicted octanol–water partition coefficient (Wildman–Crippen LogP) is 4.15. The lowest BCUT2D eigenvalue weighted by Gasteiger charge is -2.15. The molecule has 1 fully saturated rings. The Labute approximate surface area is 172 Å². The summed E-state index contributed by atoms with van der Waals surface area (Å²) in [4.78, 5) is 26.5. The molecule has 0 spiro atoms. The number of amides is 2. The third-order valence-corrected chi connectivity index (χ3v) is 5.01. The van der Waals surface area contributed by atoms with Crippen molar-refractivity contribution in [3.63, 3.8) is 0 Å². The summed E-state index contributed by atoms with van der Waals surface area (Å²) in [6.45, 7) is 5.89. The van der Waals surface area contributed by atoms with Crippen LogP contribution in [-0.4, -0.2) is 42.5 Å². The lowest BCUT2D eigenvalue weighted by Crippen LogP contribution is -2.27. The highest BCUT2D eigenvalue weighted by molar-refractivity contribution is 5.96. The van der Waals surface area contributed by atoms with Crippen molar-refractivity contribution in [2.75, 3.05) is 30.3 Å². The quantitative estimate of drug-likeness (QED) is 0.704. The Kier molecular flexibility index (Phi) is 7.11. The SMILES string of the molecule is CCC(C)Oc1cccc(NCC(=O)Nc2ccc(C(=O)N3CCCC3)cc2)c1. The molecule has 29 heavy (non-hydrogen) atoms. The first kappa shape index (κ1) is 20.7. The van der Waals surface area contributed by atoms with Crippen molar-refractivity contribution >= 4 is 23.2 Å². The maximum atomic E-state index is 12.4. The van der Waals surface area contributed by atoms with E-state index in [1.807, 2.05) is 36.1 Å². The summed E-state index contributed by atoms with van der Waals surface area (Å²) in [5.41, 5.74) is 2.15. The number of nitrogens with one attached hydrogen (secondary N) is 2. The molecule has 1 saturated heterocycles. The zero-order valence-corrected chi connectivity index (χ0v) is 17.1. The number of anilines is 2. The number of hydrogen-bond donors (Lipinski definition) is 2. The maximum Gasteiger partial charge on any atom is 0.253 e. The molecule has 0 aliphatic carbocycles. The van der Waals surface area contributed by atoms with Crippen molar-refractivity contribution in [1.82, 2.24) is 4.90 Å². The maximum absolute atomic E-state index is 12.4. The third kappa shape index (κ3) is 5.98. The van der Waals surface area contributed by atoms with Crippen molar-refractivity contribution < 1.29 is 14.3 Å². The van der Waals surface area contributed by atoms with Gasteiger partial charge >= 0.3 is 0 Å². The van der Waals surface area contributed by atoms with Gasteiger partial charge in [-0.15, -0.1) is 0 Å². The first-order valence-corrected chi connectivity index (χ1v) is 10.2. The molecule has 0 radical (unpaired) electrons. The van der Waals surface area contributed by atoms with Gasteiger partial charge in [0.25, 0.3) is 5.91 Å². The fourth-order valence-corrected chi connectivity index (χ4v) is 3.18. The number of nitrogens with zero attached hydrogens (tertiary/aromatic N) is 1. The Morgan fingerprint density at radius 2 is 1.79 bits per heavy atom. The molecule has 2 amide bonds. The van der Waals surface area contributed by atoms with E-state index in [2.05, 4.69) is 17.6 Å². The standard InChI is InChI=1S/C23H29N3O3/c1-3-17(2)29-21-8-6-7-20(15-21)24-16-22(27)25-19-11-9-18(10-12-19)23(28)26-13-4-5-14-26/h6-12,15,17,24H,3-5,13-14,16H2,1-2H3,(H,25,27). The van der Waals surface area contributed by atoms with Crippen molar-refractivity contribution in [2.24, 2.45) is 0 Å². The van der Waals surface area contributed by atoms with Crippen LogP contribution in [0.15, 0.2) is 48.5 Å². The van der Waals surface area contributed by atoms with E-state index in [1.165, 1.54) is 0 Å². The summed E-state index contributed by atoms with van der Waals surface area (Å²) in [7, 11) is 0. The molecule has 2 N–H and O–H groups in total. The number of likely N-dealkylation sites (tertiary alicyclic amines) is 1. The van der Waals surface area contributed by atoms with Crippen LogP contribution in [0, 0.1) is 0 Å². The number of benzene rings is 2. The molecule has 6 heteroatoms. The minimum atomic E-state index is -0.156. The number of carbonyl (C=O) groups is 2. The van der Waals surface area contributed by atoms with E-state index in [0.717, 1.165) is 43.8 Å². The second-order valence-corrected chi connectivity index (χ2v) is 7.34. The average molecular weight is 396 g/mol. The summed E-state index contributed by atoms with van der Waals surface area (Å²) in [5.74, 6) is 0.682. The fraction of sp³-hybridized carbons (Fsp3) is 0.391. The van der Waals surface area contributed by atoms with Crippen molar-refractivity contribution in [3.05, 3.63) is 54.1 Å². The van der Waals surface area contributed by atoms with Gasteiger partial charge in [-0.3, -0.25) is 9.59 Å². The molecule has 1 unspecified atom stereocenters. The molecule has 3 rings (SSSR count). The van der Waals surface area contributed by atoms with Crippen LogP contribution in [0.3, 0.4) is 0 Å². The zero-order chi connectivity index (χ0) is 20.6. The molecule has 1 atom stereocenters. The van der Waals surface area contributed by atoms with Crippen molar-refractivity contribution in [1.29, 1.82) is 0 Å². The lowest BCUT2D eigenvalue weighted by molar-refractivity contribution is -0.114. The average Bonchev–Trinajstić information content (AvgIpc) is 3.27. The van der Waals surface area contributed by atoms with Gasteiger partial charge in [0.1, 0.15) is 5.75 Å². The van der Waals surface area contributed by atoms with Gasteiger partial charge in [-0.05, 0) is 62.6 Å². The van der Waals surface area contributed by atoms with Gasteiger partial charge in [-0.25, -0.2) is 0 Å². The molecule has 6 nitrogen and oxygen atoms in total. The minimum absolute atomic E-state index is 0.0570. The predicted molar refractivity (Wildman–Crippen MR) is 116 cm³/mol. The van der Waals surface area contributed by atoms with Crippen molar-refractivity contribution in [3.8, 4) is 5.75 Å². The highest BCUT2D eigenvalue weighted by atomic mass is 16.5. The number of ether oxygens (including phenoxy) is 1. The Hall–Kier alpha value is -3.02. The zero-order valence-electron chi connectivity index (χ0n) is 17.1. The van der Waals surface area contributed by atoms with Gasteiger partial charge in [-0.2, -0.15) is 0 Å². The van der Waals surface area contributed by atoms with E-state index in [4.69, 9.17) is 4.74 Å². The van der Waals surface area contributed by atoms with E-state index < -0.39 is 0 Å². The number of carbonyl (C=O) groups excluding carboxylic acids is 2. The summed E-state index contributed by atoms with van der Waals surface area (Å²) in [5, 5.41) is 5.96. The van der Waals surface area contributed by atoms with E-state index in [1.54, 1.807) is 24.3 Å². The number of hydrogen-bond acceptors (Lipinski definition) is 4. The van der Waals surface area contributed by atoms with Crippen LogP contribution in [0.1, 0.15) is 43.5 Å². The largest absolute Gasteiger partial charge is 0.491 e. The van der Waals surface area contributed by atoms with Gasteiger partial charge in [-0.1, -0.05) is 13.0 Å². The van der Waals surface area contributed by atoms with Crippen LogP contribution >= 0.6 is 0 Å². The van der Waals surface area contributed by atoms with Crippen LogP contribution in [0.4, 0.5) is 11.4 Å². The van der Waals surface area contributed by atoms with Gasteiger partial charge in [0, 0.05) is 36.1 Å². The first-order valence-electron chi connectivity index (χ1n) is 10.2. The van der Waals surface area contributed by atoms with E-state index >= 15 is 0 Å². The fourth-order valence-electron chi connectivity index (χ4n) is 3.18. The molecule has 1 aliphatic heterocycles. The molecule has 0 aromatic heterocycles. The number of rotatable bonds is 8. The molecule has 154 valence electrons. The summed E-state index contributed by atoms with van der Waals surface area (Å²) >= 11 is 0. The van der Waals surface area contributed by atoms with Gasteiger partial charge < -0.3 is 20.3 Å². The van der Waals surface area contributed by atoms with Gasteiger partial charge in [0.15, 0.2) is 0 Å². The summed E-state index contributed by atoms with van der Waals surface area (Å²) in [6.07, 6.45) is 3.22. The smallest absolute Gasteiger partial charge is 0.253 e. The second kappa shape index (κ2) is 9.96. The lowest BCUT2D eigenvalue weighted by atomic mass is 10.2. The summed E-state index contributed by atoms with van der Waals surface area (Å²) < 4.78 is 5.80. The Bertz CT molecular complexity index is 830. The minimum Gasteiger partial charge on any atom is -0.491 e. The van der Waals surface area contributed by atoms with Gasteiger partial charge in [0.2, 0.25) is 5.91 Å². The van der Waals surface area contributed by atoms with E-state index in [0.29, 0.717) is 11.3 Å². The summed E-state index contributed by atoms with van der Waals surface area (Å²) in [6, 6.07) is 14.6. The van der Waals surface area contributed by atoms with E-state index in [9.17, 15) is 9.59 Å². The van der Waals surface area contributed by atoms with Crippen LogP contribution in [0.25, 0.3) is 0 Å². The molecule has 1 aliphatic rings.